The zero-order valence-corrected chi connectivity index (χ0v) is 17.1. The van der Waals surface area contributed by atoms with Crippen LogP contribution in [0, 0.1) is 0 Å². The number of carbonyl (C=O) groups is 3. The number of aromatic amines is 1. The van der Waals surface area contributed by atoms with Gasteiger partial charge in [-0.3, -0.25) is 19.2 Å². The number of carbonyl (C=O) groups excluding carboxylic acids is 3. The number of hydrogen-bond donors (Lipinski definition) is 4. The van der Waals surface area contributed by atoms with Gasteiger partial charge in [-0.05, 0) is 62.1 Å². The van der Waals surface area contributed by atoms with E-state index in [0.717, 1.165) is 6.42 Å². The average Bonchev–Trinajstić information content (AvgIpc) is 2.74. The molecule has 3 rings (SSSR count). The van der Waals surface area contributed by atoms with Gasteiger partial charge in [0, 0.05) is 23.0 Å². The maximum Gasteiger partial charge on any atom is 0.261 e. The van der Waals surface area contributed by atoms with Gasteiger partial charge >= 0.3 is 0 Å². The minimum atomic E-state index is -0.808. The number of aryl methyl sites for hydroxylation is 1. The molecule has 1 aliphatic carbocycles. The molecule has 0 spiro atoms. The van der Waals surface area contributed by atoms with Crippen LogP contribution >= 0.6 is 0 Å². The Morgan fingerprint density at radius 2 is 1.90 bits per heavy atom. The first-order chi connectivity index (χ1) is 14.9. The van der Waals surface area contributed by atoms with Crippen molar-refractivity contribution in [2.75, 3.05) is 5.32 Å². The van der Waals surface area contributed by atoms with E-state index >= 15 is 0 Å². The molecule has 8 heteroatoms. The number of amides is 3. The lowest BCUT2D eigenvalue weighted by Gasteiger charge is -2.26. The summed E-state index contributed by atoms with van der Waals surface area (Å²) in [5, 5.41) is 5.67. The van der Waals surface area contributed by atoms with Crippen LogP contribution in [0.3, 0.4) is 0 Å². The van der Waals surface area contributed by atoms with Crippen molar-refractivity contribution in [3.63, 3.8) is 0 Å². The van der Waals surface area contributed by atoms with Crippen LogP contribution in [0.15, 0.2) is 59.4 Å². The smallest absolute Gasteiger partial charge is 0.261 e. The van der Waals surface area contributed by atoms with E-state index in [9.17, 15) is 19.2 Å². The van der Waals surface area contributed by atoms with Crippen molar-refractivity contribution in [3.8, 4) is 0 Å². The van der Waals surface area contributed by atoms with E-state index in [4.69, 9.17) is 5.73 Å². The maximum atomic E-state index is 12.7. The minimum Gasteiger partial charge on any atom is -0.365 e. The zero-order valence-electron chi connectivity index (χ0n) is 17.1. The Balaban J connectivity index is 1.71. The molecule has 0 radical (unpaired) electrons. The molecule has 1 aromatic carbocycles. The molecule has 5 N–H and O–H groups in total. The zero-order chi connectivity index (χ0) is 22.4. The highest BCUT2D eigenvalue weighted by molar-refractivity contribution is 6.00. The van der Waals surface area contributed by atoms with E-state index in [1.807, 2.05) is 13.0 Å². The van der Waals surface area contributed by atoms with Crippen molar-refractivity contribution in [2.45, 2.75) is 32.2 Å². The number of hydrogen-bond acceptors (Lipinski definition) is 4. The van der Waals surface area contributed by atoms with Gasteiger partial charge in [0.15, 0.2) is 0 Å². The molecular formula is C23H24N4O4. The summed E-state index contributed by atoms with van der Waals surface area (Å²) in [6.45, 7) is 1.86. The molecule has 1 unspecified atom stereocenters. The monoisotopic (exact) mass is 420 g/mol. The quantitative estimate of drug-likeness (QED) is 0.421. The summed E-state index contributed by atoms with van der Waals surface area (Å²) in [5.41, 5.74) is 7.04. The molecule has 0 bridgehead atoms. The van der Waals surface area contributed by atoms with Crippen molar-refractivity contribution >= 4 is 23.4 Å². The van der Waals surface area contributed by atoms with Gasteiger partial charge in [-0.2, -0.15) is 0 Å². The van der Waals surface area contributed by atoms with Crippen LogP contribution < -0.4 is 21.9 Å². The number of H-pyrrole nitrogens is 1. The molecule has 0 saturated carbocycles. The first-order valence-electron chi connectivity index (χ1n) is 9.96. The second-order valence-electron chi connectivity index (χ2n) is 7.18. The van der Waals surface area contributed by atoms with Gasteiger partial charge in [0.2, 0.25) is 5.91 Å². The van der Waals surface area contributed by atoms with Crippen molar-refractivity contribution < 1.29 is 14.4 Å². The van der Waals surface area contributed by atoms with E-state index in [-0.39, 0.29) is 23.4 Å². The lowest BCUT2D eigenvalue weighted by Crippen LogP contribution is -2.34. The SMILES string of the molecule is C/C=C/C=C/C(=O)Nc1ccc(C(=O)NC2CCCc3[nH]c(=O)c(C(N)=O)cc32)cc1. The van der Waals surface area contributed by atoms with Crippen LogP contribution in [0.1, 0.15) is 57.8 Å². The lowest BCUT2D eigenvalue weighted by molar-refractivity contribution is -0.111. The van der Waals surface area contributed by atoms with Crippen LogP contribution in [0.5, 0.6) is 0 Å². The number of rotatable bonds is 6. The number of nitrogens with two attached hydrogens (primary N) is 1. The predicted octanol–water partition coefficient (Wildman–Crippen LogP) is 2.35. The summed E-state index contributed by atoms with van der Waals surface area (Å²) >= 11 is 0. The van der Waals surface area contributed by atoms with E-state index < -0.39 is 11.5 Å². The van der Waals surface area contributed by atoms with Gasteiger partial charge in [0.1, 0.15) is 5.56 Å². The van der Waals surface area contributed by atoms with Crippen LogP contribution in [-0.4, -0.2) is 22.7 Å². The highest BCUT2D eigenvalue weighted by Gasteiger charge is 2.25. The topological polar surface area (TPSA) is 134 Å². The second kappa shape index (κ2) is 9.71. The summed E-state index contributed by atoms with van der Waals surface area (Å²) < 4.78 is 0. The van der Waals surface area contributed by atoms with Crippen LogP contribution in [0.4, 0.5) is 5.69 Å². The molecule has 1 atom stereocenters. The summed E-state index contributed by atoms with van der Waals surface area (Å²) in [7, 11) is 0. The number of allylic oxidation sites excluding steroid dienone is 3. The van der Waals surface area contributed by atoms with Crippen LogP contribution in [0.2, 0.25) is 0 Å². The summed E-state index contributed by atoms with van der Waals surface area (Å²) in [4.78, 5) is 50.8. The fourth-order valence-electron chi connectivity index (χ4n) is 3.46. The number of aromatic nitrogens is 1. The minimum absolute atomic E-state index is 0.122. The number of anilines is 1. The third-order valence-corrected chi connectivity index (χ3v) is 4.99. The molecule has 1 heterocycles. The maximum absolute atomic E-state index is 12.7. The Bertz CT molecular complexity index is 1110. The standard InChI is InChI=1S/C23H24N4O4/c1-2-3-4-8-20(28)25-15-11-9-14(10-12-15)22(30)26-18-6-5-7-19-16(18)13-17(21(24)29)23(31)27-19/h2-4,8-13,18H,5-7H2,1H3,(H2,24,29)(H,25,28)(H,26,30)(H,27,31)/b3-2+,8-4+. The number of benzene rings is 1. The van der Waals surface area contributed by atoms with Crippen molar-refractivity contribution in [1.82, 2.24) is 10.3 Å². The molecular weight excluding hydrogens is 396 g/mol. The van der Waals surface area contributed by atoms with Crippen molar-refractivity contribution in [1.29, 1.82) is 0 Å². The summed E-state index contributed by atoms with van der Waals surface area (Å²) in [6.07, 6.45) is 8.73. The van der Waals surface area contributed by atoms with Gasteiger partial charge in [-0.25, -0.2) is 0 Å². The van der Waals surface area contributed by atoms with Gasteiger partial charge in [-0.15, -0.1) is 0 Å². The molecule has 1 aromatic heterocycles. The van der Waals surface area contributed by atoms with Gasteiger partial charge in [0.05, 0.1) is 6.04 Å². The second-order valence-corrected chi connectivity index (χ2v) is 7.18. The highest BCUT2D eigenvalue weighted by atomic mass is 16.2. The number of nitrogens with one attached hydrogen (secondary N) is 3. The highest BCUT2D eigenvalue weighted by Crippen LogP contribution is 2.28. The molecule has 160 valence electrons. The molecule has 0 fully saturated rings. The molecule has 1 aliphatic rings. The summed E-state index contributed by atoms with van der Waals surface area (Å²) in [6, 6.07) is 7.66. The van der Waals surface area contributed by atoms with Crippen LogP contribution in [0.25, 0.3) is 0 Å². The van der Waals surface area contributed by atoms with Crippen LogP contribution in [-0.2, 0) is 11.2 Å². The Kier molecular flexibility index (Phi) is 6.81. The predicted molar refractivity (Wildman–Crippen MR) is 118 cm³/mol. The third kappa shape index (κ3) is 5.36. The first kappa shape index (κ1) is 21.8. The van der Waals surface area contributed by atoms with E-state index in [1.165, 1.54) is 12.1 Å². The normalized spacial score (nSPS) is 15.6. The fourth-order valence-corrected chi connectivity index (χ4v) is 3.46. The molecule has 8 nitrogen and oxygen atoms in total. The number of fused-ring (bicyclic) bond motifs is 1. The fraction of sp³-hybridized carbons (Fsp3) is 0.217. The largest absolute Gasteiger partial charge is 0.365 e. The molecule has 0 aliphatic heterocycles. The average molecular weight is 420 g/mol. The van der Waals surface area contributed by atoms with E-state index in [0.29, 0.717) is 35.3 Å². The van der Waals surface area contributed by atoms with E-state index in [1.54, 1.807) is 36.4 Å². The van der Waals surface area contributed by atoms with E-state index in [2.05, 4.69) is 15.6 Å². The molecule has 3 amide bonds. The Hall–Kier alpha value is -3.94. The van der Waals surface area contributed by atoms with Gasteiger partial charge in [-0.1, -0.05) is 18.2 Å². The third-order valence-electron chi connectivity index (χ3n) is 4.99. The van der Waals surface area contributed by atoms with Crippen molar-refractivity contribution in [3.05, 3.63) is 87.4 Å². The molecule has 31 heavy (non-hydrogen) atoms. The summed E-state index contributed by atoms with van der Waals surface area (Å²) in [5.74, 6) is -1.37. The molecule has 2 aromatic rings. The van der Waals surface area contributed by atoms with Gasteiger partial charge in [0.25, 0.3) is 17.4 Å². The first-order valence-corrected chi connectivity index (χ1v) is 9.96. The van der Waals surface area contributed by atoms with Gasteiger partial charge < -0.3 is 21.4 Å². The number of pyridine rings is 1. The van der Waals surface area contributed by atoms with Crippen molar-refractivity contribution in [2.24, 2.45) is 5.73 Å². The lowest BCUT2D eigenvalue weighted by atomic mass is 9.90. The molecule has 0 saturated heterocycles. The Morgan fingerprint density at radius 1 is 1.16 bits per heavy atom. The number of primary amides is 1. The Labute approximate surface area is 179 Å². The Morgan fingerprint density at radius 3 is 2.58 bits per heavy atom.